The van der Waals surface area contributed by atoms with Crippen molar-refractivity contribution >= 4 is 10.9 Å². The maximum Gasteiger partial charge on any atom is 0.124 e. The number of nitriles is 1. The average Bonchev–Trinajstić information content (AvgIpc) is 2.49. The Morgan fingerprint density at radius 3 is 3.15 bits per heavy atom. The monoisotopic (exact) mass is 175 g/mol. The van der Waals surface area contributed by atoms with Crippen molar-refractivity contribution in [3.8, 4) is 6.07 Å². The maximum atomic E-state index is 12.8. The highest BCUT2D eigenvalue weighted by molar-refractivity contribution is 5.81. The summed E-state index contributed by atoms with van der Waals surface area (Å²) in [6, 6.07) is 6.30. The van der Waals surface area contributed by atoms with Crippen molar-refractivity contribution in [1.29, 1.82) is 5.26 Å². The van der Waals surface area contributed by atoms with Crippen LogP contribution >= 0.6 is 0 Å². The first-order valence-electron chi connectivity index (χ1n) is 3.80. The van der Waals surface area contributed by atoms with Gasteiger partial charge in [0.1, 0.15) is 5.82 Å². The highest BCUT2D eigenvalue weighted by Crippen LogP contribution is 2.16. The molecule has 4 heteroatoms. The van der Waals surface area contributed by atoms with Gasteiger partial charge in [-0.1, -0.05) is 0 Å². The Bertz CT molecular complexity index is 481. The summed E-state index contributed by atoms with van der Waals surface area (Å²) in [4.78, 5) is 0. The molecule has 3 nitrogen and oxygen atoms in total. The molecule has 2 aromatic rings. The van der Waals surface area contributed by atoms with Gasteiger partial charge in [-0.15, -0.1) is 0 Å². The number of nitrogens with one attached hydrogen (secondary N) is 1. The molecule has 2 rings (SSSR count). The molecule has 0 saturated carbocycles. The number of aromatic nitrogens is 2. The minimum Gasteiger partial charge on any atom is -0.280 e. The fourth-order valence-electron chi connectivity index (χ4n) is 1.25. The number of H-pyrrole nitrogens is 1. The van der Waals surface area contributed by atoms with Crippen LogP contribution in [-0.2, 0) is 6.42 Å². The van der Waals surface area contributed by atoms with Gasteiger partial charge in [0, 0.05) is 5.39 Å². The largest absolute Gasteiger partial charge is 0.280 e. The van der Waals surface area contributed by atoms with Crippen LogP contribution in [0.4, 0.5) is 4.39 Å². The Morgan fingerprint density at radius 1 is 1.54 bits per heavy atom. The topological polar surface area (TPSA) is 52.5 Å². The Kier molecular flexibility index (Phi) is 1.71. The minimum atomic E-state index is -0.312. The summed E-state index contributed by atoms with van der Waals surface area (Å²) in [5.74, 6) is -0.312. The van der Waals surface area contributed by atoms with E-state index < -0.39 is 0 Å². The van der Waals surface area contributed by atoms with Crippen LogP contribution in [0.2, 0.25) is 0 Å². The first-order valence-corrected chi connectivity index (χ1v) is 3.80. The molecule has 0 radical (unpaired) electrons. The van der Waals surface area contributed by atoms with E-state index in [4.69, 9.17) is 5.26 Å². The lowest BCUT2D eigenvalue weighted by Gasteiger charge is -1.90. The third-order valence-corrected chi connectivity index (χ3v) is 1.85. The molecule has 1 aromatic carbocycles. The zero-order valence-corrected chi connectivity index (χ0v) is 6.71. The first-order chi connectivity index (χ1) is 6.31. The van der Waals surface area contributed by atoms with Crippen molar-refractivity contribution < 1.29 is 4.39 Å². The van der Waals surface area contributed by atoms with Gasteiger partial charge in [-0.3, -0.25) is 5.10 Å². The van der Waals surface area contributed by atoms with Crippen LogP contribution in [0.3, 0.4) is 0 Å². The van der Waals surface area contributed by atoms with Crippen molar-refractivity contribution in [2.24, 2.45) is 0 Å². The normalized spacial score (nSPS) is 10.2. The predicted molar refractivity (Wildman–Crippen MR) is 45.4 cm³/mol. The van der Waals surface area contributed by atoms with E-state index in [1.807, 2.05) is 6.07 Å². The minimum absolute atomic E-state index is 0.222. The second kappa shape index (κ2) is 2.87. The average molecular weight is 175 g/mol. The zero-order valence-electron chi connectivity index (χ0n) is 6.71. The van der Waals surface area contributed by atoms with Crippen molar-refractivity contribution in [2.75, 3.05) is 0 Å². The van der Waals surface area contributed by atoms with E-state index in [2.05, 4.69) is 10.2 Å². The van der Waals surface area contributed by atoms with Gasteiger partial charge in [-0.25, -0.2) is 4.39 Å². The third-order valence-electron chi connectivity index (χ3n) is 1.85. The SMILES string of the molecule is N#CCc1[nH]nc2ccc(F)cc12. The lowest BCUT2D eigenvalue weighted by Crippen LogP contribution is -1.81. The van der Waals surface area contributed by atoms with Crippen LogP contribution in [0, 0.1) is 17.1 Å². The highest BCUT2D eigenvalue weighted by atomic mass is 19.1. The van der Waals surface area contributed by atoms with Crippen LogP contribution < -0.4 is 0 Å². The number of nitrogens with zero attached hydrogens (tertiary/aromatic N) is 2. The number of aromatic amines is 1. The molecular weight excluding hydrogens is 169 g/mol. The van der Waals surface area contributed by atoms with Gasteiger partial charge in [-0.05, 0) is 18.2 Å². The molecule has 0 bridgehead atoms. The second-order valence-electron chi connectivity index (χ2n) is 2.70. The molecule has 64 valence electrons. The van der Waals surface area contributed by atoms with Crippen LogP contribution in [-0.4, -0.2) is 10.2 Å². The molecule has 0 spiro atoms. The molecule has 0 unspecified atom stereocenters. The van der Waals surface area contributed by atoms with E-state index in [1.165, 1.54) is 12.1 Å². The Hall–Kier alpha value is -1.89. The number of benzene rings is 1. The summed E-state index contributed by atoms with van der Waals surface area (Å²) >= 11 is 0. The van der Waals surface area contributed by atoms with Crippen molar-refractivity contribution in [3.05, 3.63) is 29.7 Å². The van der Waals surface area contributed by atoms with E-state index in [-0.39, 0.29) is 12.2 Å². The summed E-state index contributed by atoms with van der Waals surface area (Å²) in [7, 11) is 0. The predicted octanol–water partition coefficient (Wildman–Crippen LogP) is 1.77. The number of hydrogen-bond donors (Lipinski definition) is 1. The molecule has 0 amide bonds. The van der Waals surface area contributed by atoms with Crippen molar-refractivity contribution in [1.82, 2.24) is 10.2 Å². The van der Waals surface area contributed by atoms with E-state index in [0.29, 0.717) is 16.6 Å². The number of hydrogen-bond acceptors (Lipinski definition) is 2. The van der Waals surface area contributed by atoms with Crippen molar-refractivity contribution in [3.63, 3.8) is 0 Å². The molecule has 0 saturated heterocycles. The molecule has 13 heavy (non-hydrogen) atoms. The molecule has 0 fully saturated rings. The molecule has 1 N–H and O–H groups in total. The fraction of sp³-hybridized carbons (Fsp3) is 0.111. The lowest BCUT2D eigenvalue weighted by molar-refractivity contribution is 0.629. The first kappa shape index (κ1) is 7.74. The van der Waals surface area contributed by atoms with Crippen LogP contribution in [0.5, 0.6) is 0 Å². The molecule has 0 aliphatic heterocycles. The van der Waals surface area contributed by atoms with Crippen LogP contribution in [0.1, 0.15) is 5.69 Å². The lowest BCUT2D eigenvalue weighted by atomic mass is 10.2. The smallest absolute Gasteiger partial charge is 0.124 e. The third kappa shape index (κ3) is 1.25. The van der Waals surface area contributed by atoms with Gasteiger partial charge in [0.05, 0.1) is 23.7 Å². The molecule has 1 heterocycles. The number of fused-ring (bicyclic) bond motifs is 1. The summed E-state index contributed by atoms with van der Waals surface area (Å²) in [5, 5.41) is 15.8. The molecule has 1 aromatic heterocycles. The van der Waals surface area contributed by atoms with Gasteiger partial charge in [-0.2, -0.15) is 10.4 Å². The van der Waals surface area contributed by atoms with Gasteiger partial charge < -0.3 is 0 Å². The van der Waals surface area contributed by atoms with Gasteiger partial charge >= 0.3 is 0 Å². The van der Waals surface area contributed by atoms with E-state index >= 15 is 0 Å². The zero-order chi connectivity index (χ0) is 9.26. The van der Waals surface area contributed by atoms with Crippen molar-refractivity contribution in [2.45, 2.75) is 6.42 Å². The highest BCUT2D eigenvalue weighted by Gasteiger charge is 2.04. The quantitative estimate of drug-likeness (QED) is 0.718. The molecule has 0 aliphatic carbocycles. The molecular formula is C9H6FN3. The van der Waals surface area contributed by atoms with Crippen LogP contribution in [0.25, 0.3) is 10.9 Å². The van der Waals surface area contributed by atoms with Crippen LogP contribution in [0.15, 0.2) is 18.2 Å². The number of rotatable bonds is 1. The summed E-state index contributed by atoms with van der Waals surface area (Å²) in [6.45, 7) is 0. The van der Waals surface area contributed by atoms with E-state index in [9.17, 15) is 4.39 Å². The van der Waals surface area contributed by atoms with Gasteiger partial charge in [0.25, 0.3) is 0 Å². The van der Waals surface area contributed by atoms with Gasteiger partial charge in [0.2, 0.25) is 0 Å². The van der Waals surface area contributed by atoms with E-state index in [1.54, 1.807) is 6.07 Å². The Morgan fingerprint density at radius 2 is 2.38 bits per heavy atom. The summed E-state index contributed by atoms with van der Waals surface area (Å²) in [5.41, 5.74) is 1.35. The number of halogens is 1. The van der Waals surface area contributed by atoms with E-state index in [0.717, 1.165) is 0 Å². The molecule has 0 aliphatic rings. The molecule has 0 atom stereocenters. The Labute approximate surface area is 73.8 Å². The fourth-order valence-corrected chi connectivity index (χ4v) is 1.25. The maximum absolute atomic E-state index is 12.8. The second-order valence-corrected chi connectivity index (χ2v) is 2.70. The summed E-state index contributed by atoms with van der Waals surface area (Å²) in [6.07, 6.45) is 0.222. The summed E-state index contributed by atoms with van der Waals surface area (Å²) < 4.78 is 12.8. The standard InChI is InChI=1S/C9H6FN3/c10-6-1-2-8-7(5-6)9(3-4-11)13-12-8/h1-2,5H,3H2,(H,12,13). The Balaban J connectivity index is 2.66. The van der Waals surface area contributed by atoms with Gasteiger partial charge in [0.15, 0.2) is 0 Å².